The predicted molar refractivity (Wildman–Crippen MR) is 138 cm³/mol. The quantitative estimate of drug-likeness (QED) is 0.345. The molecule has 4 rings (SSSR count). The number of hydrogen-bond donors (Lipinski definition) is 1. The van der Waals surface area contributed by atoms with E-state index < -0.39 is 5.97 Å². The van der Waals surface area contributed by atoms with E-state index in [1.807, 2.05) is 37.4 Å². The lowest BCUT2D eigenvalue weighted by atomic mass is 9.86. The van der Waals surface area contributed by atoms with E-state index in [0.29, 0.717) is 5.75 Å². The third-order valence-electron chi connectivity index (χ3n) is 5.98. The number of rotatable bonds is 10. The van der Waals surface area contributed by atoms with Crippen LogP contribution in [0, 0.1) is 0 Å². The van der Waals surface area contributed by atoms with Gasteiger partial charge in [-0.15, -0.1) is 0 Å². The monoisotopic (exact) mass is 466 g/mol. The molecule has 0 aliphatic rings. The highest BCUT2D eigenvalue weighted by molar-refractivity contribution is 5.68. The Balaban J connectivity index is 1.55. The maximum absolute atomic E-state index is 10.8. The van der Waals surface area contributed by atoms with Gasteiger partial charge in [-0.3, -0.25) is 4.99 Å². The maximum atomic E-state index is 10.8. The SMILES string of the molecule is CN=c1ccc(C(c2ccccc2)c2ccccc2)cn1CCCc1cccc(OCC(=O)O)c1. The van der Waals surface area contributed by atoms with Crippen molar-refractivity contribution >= 4 is 5.97 Å². The lowest BCUT2D eigenvalue weighted by Gasteiger charge is -2.20. The van der Waals surface area contributed by atoms with E-state index in [-0.39, 0.29) is 12.5 Å². The van der Waals surface area contributed by atoms with Gasteiger partial charge in [-0.25, -0.2) is 4.79 Å². The summed E-state index contributed by atoms with van der Waals surface area (Å²) < 4.78 is 7.54. The van der Waals surface area contributed by atoms with Crippen LogP contribution in [-0.4, -0.2) is 29.3 Å². The molecule has 4 aromatic rings. The molecule has 0 saturated heterocycles. The fourth-order valence-corrected chi connectivity index (χ4v) is 4.37. The summed E-state index contributed by atoms with van der Waals surface area (Å²) in [6.45, 7) is 0.481. The van der Waals surface area contributed by atoms with Gasteiger partial charge in [0.2, 0.25) is 0 Å². The molecular formula is C30H30N2O3. The van der Waals surface area contributed by atoms with Crippen molar-refractivity contribution < 1.29 is 14.6 Å². The van der Waals surface area contributed by atoms with E-state index >= 15 is 0 Å². The molecule has 0 saturated carbocycles. The molecule has 35 heavy (non-hydrogen) atoms. The van der Waals surface area contributed by atoms with E-state index in [9.17, 15) is 4.79 Å². The van der Waals surface area contributed by atoms with Crippen LogP contribution >= 0.6 is 0 Å². The molecule has 0 bridgehead atoms. The van der Waals surface area contributed by atoms with Gasteiger partial charge in [-0.05, 0) is 53.3 Å². The highest BCUT2D eigenvalue weighted by Gasteiger charge is 2.17. The zero-order valence-electron chi connectivity index (χ0n) is 19.9. The van der Waals surface area contributed by atoms with E-state index in [2.05, 4.69) is 76.4 Å². The van der Waals surface area contributed by atoms with Crippen molar-refractivity contribution in [1.29, 1.82) is 0 Å². The van der Waals surface area contributed by atoms with Crippen LogP contribution in [-0.2, 0) is 17.8 Å². The molecule has 0 radical (unpaired) electrons. The number of carbonyl (C=O) groups is 1. The number of aryl methyl sites for hydroxylation is 2. The van der Waals surface area contributed by atoms with Crippen LogP contribution in [0.15, 0.2) is 108 Å². The lowest BCUT2D eigenvalue weighted by Crippen LogP contribution is -2.22. The summed E-state index contributed by atoms with van der Waals surface area (Å²) in [5, 5.41) is 8.83. The Morgan fingerprint density at radius 1 is 0.886 bits per heavy atom. The average Bonchev–Trinajstić information content (AvgIpc) is 2.89. The molecule has 5 nitrogen and oxygen atoms in total. The third kappa shape index (κ3) is 6.48. The van der Waals surface area contributed by atoms with Crippen LogP contribution in [0.5, 0.6) is 5.75 Å². The predicted octanol–water partition coefficient (Wildman–Crippen LogP) is 5.30. The minimum absolute atomic E-state index is 0.137. The van der Waals surface area contributed by atoms with E-state index in [1.165, 1.54) is 16.7 Å². The molecule has 0 aliphatic carbocycles. The number of ether oxygens (including phenoxy) is 1. The van der Waals surface area contributed by atoms with Crippen molar-refractivity contribution in [3.63, 3.8) is 0 Å². The first kappa shape index (κ1) is 24.0. The van der Waals surface area contributed by atoms with Crippen LogP contribution in [0.4, 0.5) is 0 Å². The number of pyridine rings is 1. The maximum Gasteiger partial charge on any atom is 0.341 e. The van der Waals surface area contributed by atoms with Gasteiger partial charge in [0.05, 0.1) is 0 Å². The summed E-state index contributed by atoms with van der Waals surface area (Å²) in [5.74, 6) is -0.262. The van der Waals surface area contributed by atoms with Crippen molar-refractivity contribution in [3.05, 3.63) is 131 Å². The molecule has 0 atom stereocenters. The van der Waals surface area contributed by atoms with Crippen molar-refractivity contribution in [1.82, 2.24) is 4.57 Å². The largest absolute Gasteiger partial charge is 0.482 e. The van der Waals surface area contributed by atoms with Crippen LogP contribution in [0.25, 0.3) is 0 Å². The summed E-state index contributed by atoms with van der Waals surface area (Å²) in [7, 11) is 1.82. The molecule has 1 N–H and O–H groups in total. The van der Waals surface area contributed by atoms with Crippen molar-refractivity contribution in [2.75, 3.05) is 13.7 Å². The average molecular weight is 467 g/mol. The van der Waals surface area contributed by atoms with Gasteiger partial charge in [0.1, 0.15) is 11.2 Å². The number of aromatic nitrogens is 1. The molecule has 178 valence electrons. The molecular weight excluding hydrogens is 436 g/mol. The molecule has 0 fully saturated rings. The summed E-state index contributed by atoms with van der Waals surface area (Å²) in [4.78, 5) is 15.3. The van der Waals surface area contributed by atoms with Gasteiger partial charge in [0.25, 0.3) is 0 Å². The number of carboxylic acid groups (broad SMARTS) is 1. The van der Waals surface area contributed by atoms with Gasteiger partial charge in [0, 0.05) is 25.7 Å². The Morgan fingerprint density at radius 2 is 1.57 bits per heavy atom. The molecule has 5 heteroatoms. The van der Waals surface area contributed by atoms with E-state index in [0.717, 1.165) is 30.4 Å². The molecule has 3 aromatic carbocycles. The normalized spacial score (nSPS) is 11.5. The number of hydrogen-bond acceptors (Lipinski definition) is 3. The Labute approximate surface area is 206 Å². The van der Waals surface area contributed by atoms with Crippen LogP contribution in [0.1, 0.15) is 34.6 Å². The van der Waals surface area contributed by atoms with Gasteiger partial charge in [-0.1, -0.05) is 78.9 Å². The molecule has 1 heterocycles. The zero-order chi connectivity index (χ0) is 24.5. The topological polar surface area (TPSA) is 63.8 Å². The van der Waals surface area contributed by atoms with Gasteiger partial charge in [0.15, 0.2) is 6.61 Å². The standard InChI is InChI=1S/C30H30N2O3/c1-31-28-18-17-26(30(24-12-4-2-5-13-24)25-14-6-3-7-15-25)21-32(28)19-9-11-23-10-8-16-27(20-23)35-22-29(33)34/h2-8,10,12-18,20-21,30H,9,11,19,22H2,1H3,(H,33,34). The first-order valence-electron chi connectivity index (χ1n) is 11.8. The molecule has 0 unspecified atom stereocenters. The third-order valence-corrected chi connectivity index (χ3v) is 5.98. The Kier molecular flexibility index (Phi) is 8.12. The second-order valence-corrected chi connectivity index (χ2v) is 8.43. The minimum Gasteiger partial charge on any atom is -0.482 e. The van der Waals surface area contributed by atoms with Gasteiger partial charge in [-0.2, -0.15) is 0 Å². The lowest BCUT2D eigenvalue weighted by molar-refractivity contribution is -0.139. The summed E-state index contributed by atoms with van der Waals surface area (Å²) in [6.07, 6.45) is 3.99. The second-order valence-electron chi connectivity index (χ2n) is 8.43. The van der Waals surface area contributed by atoms with Gasteiger partial charge < -0.3 is 14.4 Å². The summed E-state index contributed by atoms with van der Waals surface area (Å²) >= 11 is 0. The zero-order valence-corrected chi connectivity index (χ0v) is 19.9. The summed E-state index contributed by atoms with van der Waals surface area (Å²) in [5.41, 5.74) is 5.78. The molecule has 1 aromatic heterocycles. The van der Waals surface area contributed by atoms with Crippen molar-refractivity contribution in [3.8, 4) is 5.75 Å². The molecule has 0 amide bonds. The second kappa shape index (κ2) is 11.8. The fraction of sp³-hybridized carbons (Fsp3) is 0.200. The summed E-state index contributed by atoms with van der Waals surface area (Å²) in [6, 6.07) is 33.1. The van der Waals surface area contributed by atoms with Crippen molar-refractivity contribution in [2.24, 2.45) is 4.99 Å². The van der Waals surface area contributed by atoms with Crippen LogP contribution in [0.3, 0.4) is 0 Å². The van der Waals surface area contributed by atoms with E-state index in [4.69, 9.17) is 9.84 Å². The van der Waals surface area contributed by atoms with Gasteiger partial charge >= 0.3 is 5.97 Å². The van der Waals surface area contributed by atoms with Crippen molar-refractivity contribution in [2.45, 2.75) is 25.3 Å². The number of nitrogens with zero attached hydrogens (tertiary/aromatic N) is 2. The fourth-order valence-electron chi connectivity index (χ4n) is 4.37. The number of carboxylic acids is 1. The number of aliphatic carboxylic acids is 1. The Bertz CT molecular complexity index is 1270. The highest BCUT2D eigenvalue weighted by Crippen LogP contribution is 2.31. The molecule has 0 aliphatic heterocycles. The first-order chi connectivity index (χ1) is 17.1. The smallest absolute Gasteiger partial charge is 0.341 e. The Morgan fingerprint density at radius 3 is 2.20 bits per heavy atom. The molecule has 0 spiro atoms. The van der Waals surface area contributed by atoms with Crippen LogP contribution in [0.2, 0.25) is 0 Å². The van der Waals surface area contributed by atoms with E-state index in [1.54, 1.807) is 6.07 Å². The first-order valence-corrected chi connectivity index (χ1v) is 11.8. The minimum atomic E-state index is -0.980. The highest BCUT2D eigenvalue weighted by atomic mass is 16.5. The Hall–Kier alpha value is -4.12. The van der Waals surface area contributed by atoms with Crippen LogP contribution < -0.4 is 10.2 Å². The number of benzene rings is 3.